The minimum atomic E-state index is -0.297. The summed E-state index contributed by atoms with van der Waals surface area (Å²) >= 11 is 0. The van der Waals surface area contributed by atoms with Gasteiger partial charge in [0.25, 0.3) is 5.56 Å². The summed E-state index contributed by atoms with van der Waals surface area (Å²) in [7, 11) is 1.59. The summed E-state index contributed by atoms with van der Waals surface area (Å²) < 4.78 is 6.54. The van der Waals surface area contributed by atoms with Crippen molar-refractivity contribution in [2.24, 2.45) is 0 Å². The smallest absolute Gasteiger partial charge is 0.274 e. The molecule has 2 aromatic rings. The van der Waals surface area contributed by atoms with Gasteiger partial charge < -0.3 is 20.1 Å². The van der Waals surface area contributed by atoms with Crippen molar-refractivity contribution >= 4 is 5.69 Å². The summed E-state index contributed by atoms with van der Waals surface area (Å²) in [5.74, 6) is 0.705. The molecule has 3 N–H and O–H groups in total. The average molecular weight is 260 g/mol. The molecular weight excluding hydrogens is 244 g/mol. The van der Waals surface area contributed by atoms with Crippen molar-refractivity contribution < 1.29 is 9.84 Å². The first-order valence-electron chi connectivity index (χ1n) is 5.91. The highest BCUT2D eigenvalue weighted by molar-refractivity contribution is 5.76. The van der Waals surface area contributed by atoms with Crippen LogP contribution in [0.2, 0.25) is 0 Å². The van der Waals surface area contributed by atoms with E-state index in [0.717, 1.165) is 5.56 Å². The maximum Gasteiger partial charge on any atom is 0.274 e. The third kappa shape index (κ3) is 2.61. The van der Waals surface area contributed by atoms with E-state index >= 15 is 0 Å². The monoisotopic (exact) mass is 260 g/mol. The minimum Gasteiger partial charge on any atom is -0.497 e. The Bertz CT molecular complexity index is 635. The number of aliphatic hydroxyl groups excluding tert-OH is 1. The average Bonchev–Trinajstić information content (AvgIpc) is 2.44. The topological polar surface area (TPSA) is 77.5 Å². The molecule has 100 valence electrons. The molecule has 5 nitrogen and oxygen atoms in total. The lowest BCUT2D eigenvalue weighted by Crippen LogP contribution is -2.24. The number of nitrogens with zero attached hydrogens (tertiary/aromatic N) is 1. The number of aromatic nitrogens is 1. The summed E-state index contributed by atoms with van der Waals surface area (Å²) in [5, 5.41) is 8.87. The number of aliphatic hydroxyl groups is 1. The molecule has 0 spiro atoms. The van der Waals surface area contributed by atoms with E-state index in [0.29, 0.717) is 11.3 Å². The molecular formula is C14H16N2O3. The zero-order valence-electron chi connectivity index (χ0n) is 10.7. The zero-order valence-corrected chi connectivity index (χ0v) is 10.7. The van der Waals surface area contributed by atoms with Gasteiger partial charge in [0.05, 0.1) is 13.7 Å². The number of ether oxygens (including phenoxy) is 1. The Balaban J connectivity index is 2.51. The number of nitrogen functional groups attached to an aromatic ring is 1. The maximum absolute atomic E-state index is 12.0. The van der Waals surface area contributed by atoms with E-state index in [1.54, 1.807) is 19.4 Å². The fourth-order valence-corrected chi connectivity index (χ4v) is 1.92. The van der Waals surface area contributed by atoms with Crippen LogP contribution in [-0.4, -0.2) is 23.4 Å². The van der Waals surface area contributed by atoms with Crippen LogP contribution in [-0.2, 0) is 6.54 Å². The van der Waals surface area contributed by atoms with Gasteiger partial charge in [0.1, 0.15) is 11.4 Å². The fraction of sp³-hybridized carbons (Fsp3) is 0.214. The van der Waals surface area contributed by atoms with Crippen molar-refractivity contribution in [2.45, 2.75) is 6.54 Å². The number of methoxy groups -OCH3 is 1. The van der Waals surface area contributed by atoms with E-state index in [9.17, 15) is 4.79 Å². The van der Waals surface area contributed by atoms with Gasteiger partial charge in [-0.1, -0.05) is 12.1 Å². The Morgan fingerprint density at radius 3 is 2.84 bits per heavy atom. The molecule has 0 amide bonds. The summed E-state index contributed by atoms with van der Waals surface area (Å²) in [6, 6.07) is 9.12. The maximum atomic E-state index is 12.0. The highest BCUT2D eigenvalue weighted by atomic mass is 16.5. The molecule has 1 heterocycles. The molecule has 0 unspecified atom stereocenters. The van der Waals surface area contributed by atoms with Crippen LogP contribution in [0.4, 0.5) is 5.69 Å². The SMILES string of the molecule is COc1cccc(-c2ccn(CCO)c(=O)c2N)c1. The second-order valence-electron chi connectivity index (χ2n) is 4.10. The first kappa shape index (κ1) is 13.2. The van der Waals surface area contributed by atoms with Gasteiger partial charge in [0, 0.05) is 18.3 Å². The molecule has 1 aromatic carbocycles. The standard InChI is InChI=1S/C14H16N2O3/c1-19-11-4-2-3-10(9-11)12-5-6-16(7-8-17)14(18)13(12)15/h2-6,9,17H,7-8,15H2,1H3. The van der Waals surface area contributed by atoms with Crippen LogP contribution in [0.25, 0.3) is 11.1 Å². The van der Waals surface area contributed by atoms with E-state index in [1.165, 1.54) is 4.57 Å². The summed E-state index contributed by atoms with van der Waals surface area (Å²) in [4.78, 5) is 12.0. The van der Waals surface area contributed by atoms with E-state index in [4.69, 9.17) is 15.6 Å². The van der Waals surface area contributed by atoms with E-state index in [-0.39, 0.29) is 24.4 Å². The highest BCUT2D eigenvalue weighted by Crippen LogP contribution is 2.26. The predicted molar refractivity (Wildman–Crippen MR) is 74.2 cm³/mol. The summed E-state index contributed by atoms with van der Waals surface area (Å²) in [5.41, 5.74) is 7.24. The first-order valence-corrected chi connectivity index (χ1v) is 5.91. The van der Waals surface area contributed by atoms with E-state index in [2.05, 4.69) is 0 Å². The summed E-state index contributed by atoms with van der Waals surface area (Å²) in [6.07, 6.45) is 1.63. The molecule has 1 aromatic heterocycles. The fourth-order valence-electron chi connectivity index (χ4n) is 1.92. The van der Waals surface area contributed by atoms with Crippen LogP contribution < -0.4 is 16.0 Å². The molecule has 19 heavy (non-hydrogen) atoms. The second kappa shape index (κ2) is 5.58. The van der Waals surface area contributed by atoms with Gasteiger partial charge in [-0.2, -0.15) is 0 Å². The Morgan fingerprint density at radius 2 is 2.16 bits per heavy atom. The molecule has 0 atom stereocenters. The number of nitrogens with two attached hydrogens (primary N) is 1. The zero-order chi connectivity index (χ0) is 13.8. The van der Waals surface area contributed by atoms with Crippen LogP contribution in [0, 0.1) is 0 Å². The lowest BCUT2D eigenvalue weighted by Gasteiger charge is -2.10. The molecule has 0 fully saturated rings. The van der Waals surface area contributed by atoms with Crippen LogP contribution in [0.3, 0.4) is 0 Å². The van der Waals surface area contributed by atoms with Gasteiger partial charge in [-0.05, 0) is 23.8 Å². The predicted octanol–water partition coefficient (Wildman–Crippen LogP) is 1.10. The van der Waals surface area contributed by atoms with Gasteiger partial charge in [-0.15, -0.1) is 0 Å². The van der Waals surface area contributed by atoms with Crippen molar-refractivity contribution in [1.29, 1.82) is 0 Å². The first-order chi connectivity index (χ1) is 9.17. The summed E-state index contributed by atoms with van der Waals surface area (Å²) in [6.45, 7) is 0.138. The van der Waals surface area contributed by atoms with Crippen LogP contribution in [0.1, 0.15) is 0 Å². The van der Waals surface area contributed by atoms with Crippen molar-refractivity contribution in [3.8, 4) is 16.9 Å². The molecule has 0 saturated heterocycles. The molecule has 0 saturated carbocycles. The van der Waals surface area contributed by atoms with Crippen molar-refractivity contribution in [1.82, 2.24) is 4.57 Å². The highest BCUT2D eigenvalue weighted by Gasteiger charge is 2.09. The number of rotatable bonds is 4. The van der Waals surface area contributed by atoms with Gasteiger partial charge in [0.15, 0.2) is 0 Å². The minimum absolute atomic E-state index is 0.0994. The van der Waals surface area contributed by atoms with Crippen LogP contribution in [0.15, 0.2) is 41.3 Å². The van der Waals surface area contributed by atoms with Crippen LogP contribution >= 0.6 is 0 Å². The third-order valence-corrected chi connectivity index (χ3v) is 2.92. The largest absolute Gasteiger partial charge is 0.497 e. The number of anilines is 1. The molecule has 0 aliphatic rings. The Kier molecular flexibility index (Phi) is 3.87. The molecule has 0 radical (unpaired) electrons. The lowest BCUT2D eigenvalue weighted by molar-refractivity contribution is 0.274. The number of pyridine rings is 1. The molecule has 0 aliphatic heterocycles. The molecule has 0 aliphatic carbocycles. The van der Waals surface area contributed by atoms with Gasteiger partial charge in [0.2, 0.25) is 0 Å². The number of hydrogen-bond acceptors (Lipinski definition) is 4. The second-order valence-corrected chi connectivity index (χ2v) is 4.10. The van der Waals surface area contributed by atoms with Gasteiger partial charge >= 0.3 is 0 Å². The van der Waals surface area contributed by atoms with Crippen molar-refractivity contribution in [3.63, 3.8) is 0 Å². The molecule has 2 rings (SSSR count). The van der Waals surface area contributed by atoms with E-state index < -0.39 is 0 Å². The van der Waals surface area contributed by atoms with Crippen LogP contribution in [0.5, 0.6) is 5.75 Å². The third-order valence-electron chi connectivity index (χ3n) is 2.92. The molecule has 5 heteroatoms. The van der Waals surface area contributed by atoms with Gasteiger partial charge in [-0.3, -0.25) is 4.79 Å². The quantitative estimate of drug-likeness (QED) is 0.863. The van der Waals surface area contributed by atoms with Crippen molar-refractivity contribution in [3.05, 3.63) is 46.9 Å². The lowest BCUT2D eigenvalue weighted by atomic mass is 10.1. The Hall–Kier alpha value is -2.27. The number of benzene rings is 1. The van der Waals surface area contributed by atoms with Gasteiger partial charge in [-0.25, -0.2) is 0 Å². The Labute approximate surface area is 110 Å². The van der Waals surface area contributed by atoms with Crippen molar-refractivity contribution in [2.75, 3.05) is 19.5 Å². The molecule has 0 bridgehead atoms. The number of hydrogen-bond donors (Lipinski definition) is 2. The van der Waals surface area contributed by atoms with E-state index in [1.807, 2.05) is 24.3 Å². The Morgan fingerprint density at radius 1 is 1.37 bits per heavy atom. The normalized spacial score (nSPS) is 10.4.